The zero-order chi connectivity index (χ0) is 20.8. The van der Waals surface area contributed by atoms with Crippen molar-refractivity contribution < 1.29 is 9.59 Å². The van der Waals surface area contributed by atoms with E-state index in [1.54, 1.807) is 21.8 Å². The van der Waals surface area contributed by atoms with Gasteiger partial charge in [0.25, 0.3) is 0 Å². The van der Waals surface area contributed by atoms with Crippen molar-refractivity contribution in [2.45, 2.75) is 25.7 Å². The number of carbonyl (C=O) groups is 2. The molecule has 2 heterocycles. The largest absolute Gasteiger partial charge is 0.289 e. The fourth-order valence-corrected chi connectivity index (χ4v) is 4.39. The van der Waals surface area contributed by atoms with E-state index in [0.717, 1.165) is 46.5 Å². The molecule has 0 amide bonds. The van der Waals surface area contributed by atoms with Crippen molar-refractivity contribution in [3.63, 3.8) is 0 Å². The first-order valence-corrected chi connectivity index (χ1v) is 10.1. The average Bonchev–Trinajstić information content (AvgIpc) is 3.30. The van der Waals surface area contributed by atoms with Crippen LogP contribution in [0.5, 0.6) is 0 Å². The minimum atomic E-state index is 0.0553. The predicted molar refractivity (Wildman–Crippen MR) is 114 cm³/mol. The highest BCUT2D eigenvalue weighted by Crippen LogP contribution is 2.28. The van der Waals surface area contributed by atoms with Gasteiger partial charge in [-0.05, 0) is 55.0 Å². The molecule has 0 spiro atoms. The van der Waals surface area contributed by atoms with E-state index in [2.05, 4.69) is 10.2 Å². The molecular weight excluding hydrogens is 376 g/mol. The second kappa shape index (κ2) is 7.06. The Hall–Kier alpha value is -3.54. The molecule has 0 aliphatic heterocycles. The van der Waals surface area contributed by atoms with Crippen LogP contribution in [0.4, 0.5) is 0 Å². The van der Waals surface area contributed by atoms with Crippen LogP contribution in [-0.4, -0.2) is 31.1 Å². The lowest BCUT2D eigenvalue weighted by atomic mass is 9.89. The van der Waals surface area contributed by atoms with Gasteiger partial charge in [0.1, 0.15) is 0 Å². The molecule has 150 valence electrons. The fraction of sp³-hybridized carbons (Fsp3) is 0.250. The quantitative estimate of drug-likeness (QED) is 0.619. The van der Waals surface area contributed by atoms with Crippen molar-refractivity contribution >= 4 is 23.7 Å². The van der Waals surface area contributed by atoms with E-state index in [-0.39, 0.29) is 11.6 Å². The number of rotatable bonds is 2. The van der Waals surface area contributed by atoms with Gasteiger partial charge in [0.15, 0.2) is 11.6 Å². The molecule has 6 heteroatoms. The van der Waals surface area contributed by atoms with Crippen molar-refractivity contribution in [2.24, 2.45) is 14.1 Å². The lowest BCUT2D eigenvalue weighted by Crippen LogP contribution is -2.15. The van der Waals surface area contributed by atoms with Gasteiger partial charge in [-0.3, -0.25) is 19.0 Å². The molecular formula is C24H22N4O2. The first-order valence-electron chi connectivity index (χ1n) is 10.1. The number of hydrogen-bond donors (Lipinski definition) is 0. The summed E-state index contributed by atoms with van der Waals surface area (Å²) in [6.07, 6.45) is 10.3. The molecule has 0 saturated heterocycles. The van der Waals surface area contributed by atoms with Crippen LogP contribution >= 0.6 is 0 Å². The van der Waals surface area contributed by atoms with Gasteiger partial charge in [-0.25, -0.2) is 0 Å². The molecule has 0 bridgehead atoms. The molecule has 0 unspecified atom stereocenters. The van der Waals surface area contributed by atoms with Crippen LogP contribution in [-0.2, 0) is 26.9 Å². The molecule has 0 radical (unpaired) electrons. The number of carbonyl (C=O) groups excluding carboxylic acids is 2. The zero-order valence-electron chi connectivity index (χ0n) is 17.1. The Morgan fingerprint density at radius 2 is 1.23 bits per heavy atom. The molecule has 6 nitrogen and oxygen atoms in total. The normalized spacial score (nSPS) is 18.7. The first-order chi connectivity index (χ1) is 14.5. The third-order valence-electron chi connectivity index (χ3n) is 6.05. The van der Waals surface area contributed by atoms with Gasteiger partial charge in [-0.2, -0.15) is 10.2 Å². The summed E-state index contributed by atoms with van der Waals surface area (Å²) in [4.78, 5) is 25.6. The first kappa shape index (κ1) is 18.5. The monoisotopic (exact) mass is 398 g/mol. The summed E-state index contributed by atoms with van der Waals surface area (Å²) in [5.74, 6) is 0.111. The molecule has 3 aromatic rings. The van der Waals surface area contributed by atoms with Crippen molar-refractivity contribution in [3.05, 3.63) is 81.4 Å². The minimum Gasteiger partial charge on any atom is -0.289 e. The van der Waals surface area contributed by atoms with Crippen molar-refractivity contribution in [1.82, 2.24) is 19.6 Å². The van der Waals surface area contributed by atoms with Crippen LogP contribution < -0.4 is 0 Å². The molecule has 2 aliphatic rings. The fourth-order valence-electron chi connectivity index (χ4n) is 4.39. The number of benzene rings is 1. The van der Waals surface area contributed by atoms with E-state index in [1.165, 1.54) is 0 Å². The number of allylic oxidation sites excluding steroid dienone is 2. The molecule has 2 aliphatic carbocycles. The highest BCUT2D eigenvalue weighted by molar-refractivity contribution is 6.13. The lowest BCUT2D eigenvalue weighted by molar-refractivity contribution is 0.101. The summed E-state index contributed by atoms with van der Waals surface area (Å²) in [7, 11) is 3.75. The van der Waals surface area contributed by atoms with Crippen LogP contribution in [0.3, 0.4) is 0 Å². The van der Waals surface area contributed by atoms with E-state index < -0.39 is 0 Å². The summed E-state index contributed by atoms with van der Waals surface area (Å²) in [5.41, 5.74) is 6.93. The predicted octanol–water partition coefficient (Wildman–Crippen LogP) is 3.58. The summed E-state index contributed by atoms with van der Waals surface area (Å²) in [6.45, 7) is 0. The Kier molecular flexibility index (Phi) is 4.35. The van der Waals surface area contributed by atoms with E-state index in [9.17, 15) is 9.59 Å². The van der Waals surface area contributed by atoms with Gasteiger partial charge >= 0.3 is 0 Å². The highest BCUT2D eigenvalue weighted by Gasteiger charge is 2.26. The number of aryl methyl sites for hydroxylation is 2. The maximum atomic E-state index is 12.8. The van der Waals surface area contributed by atoms with Crippen molar-refractivity contribution in [3.8, 4) is 0 Å². The Bertz CT molecular complexity index is 1160. The third-order valence-corrected chi connectivity index (χ3v) is 6.05. The van der Waals surface area contributed by atoms with Crippen LogP contribution in [0.25, 0.3) is 12.2 Å². The smallest absolute Gasteiger partial charge is 0.192 e. The standard InChI is InChI=1S/C24H22N4O2/c1-27-21-8-6-17(23(29)19(21)13-25-27)11-15-4-3-5-16(10-15)12-18-7-9-22-20(24(18)30)14-26-28(22)2/h3-5,10-14H,6-9H2,1-2H3/b17-11-,18-12+. The average molecular weight is 398 g/mol. The summed E-state index contributed by atoms with van der Waals surface area (Å²) < 4.78 is 3.57. The lowest BCUT2D eigenvalue weighted by Gasteiger charge is -2.15. The van der Waals surface area contributed by atoms with E-state index in [1.807, 2.05) is 50.5 Å². The molecule has 0 saturated carbocycles. The second-order valence-electron chi connectivity index (χ2n) is 7.92. The van der Waals surface area contributed by atoms with E-state index >= 15 is 0 Å². The van der Waals surface area contributed by atoms with Gasteiger partial charge < -0.3 is 0 Å². The maximum absolute atomic E-state index is 12.8. The van der Waals surface area contributed by atoms with Crippen molar-refractivity contribution in [2.75, 3.05) is 0 Å². The summed E-state index contributed by atoms with van der Waals surface area (Å²) in [5, 5.41) is 8.43. The number of hydrogen-bond acceptors (Lipinski definition) is 4. The molecule has 0 fully saturated rings. The van der Waals surface area contributed by atoms with Gasteiger partial charge in [0.2, 0.25) is 0 Å². The van der Waals surface area contributed by atoms with Gasteiger partial charge in [-0.15, -0.1) is 0 Å². The number of aromatic nitrogens is 4. The summed E-state index contributed by atoms with van der Waals surface area (Å²) >= 11 is 0. The number of fused-ring (bicyclic) bond motifs is 2. The van der Waals surface area contributed by atoms with E-state index in [4.69, 9.17) is 0 Å². The Morgan fingerprint density at radius 3 is 1.70 bits per heavy atom. The van der Waals surface area contributed by atoms with Crippen LogP contribution in [0, 0.1) is 0 Å². The minimum absolute atomic E-state index is 0.0553. The molecule has 30 heavy (non-hydrogen) atoms. The summed E-state index contributed by atoms with van der Waals surface area (Å²) in [6, 6.07) is 7.97. The zero-order valence-corrected chi connectivity index (χ0v) is 17.1. The van der Waals surface area contributed by atoms with Crippen molar-refractivity contribution in [1.29, 1.82) is 0 Å². The van der Waals surface area contributed by atoms with Gasteiger partial charge in [0.05, 0.1) is 23.5 Å². The Labute approximate surface area is 174 Å². The van der Waals surface area contributed by atoms with Crippen LogP contribution in [0.1, 0.15) is 56.1 Å². The van der Waals surface area contributed by atoms with E-state index in [0.29, 0.717) is 24.0 Å². The SMILES string of the molecule is Cn1ncc2c1CC/C(=C/c1cccc(/C=C3\CCc4c(cnn4C)C3=O)c1)C2=O. The molecule has 0 atom stereocenters. The third kappa shape index (κ3) is 3.05. The van der Waals surface area contributed by atoms with Crippen LogP contribution in [0.15, 0.2) is 47.8 Å². The Morgan fingerprint density at radius 1 is 0.767 bits per heavy atom. The molecule has 5 rings (SSSR count). The molecule has 2 aromatic heterocycles. The number of Topliss-reactive ketones (excluding diaryl/α,β-unsaturated/α-hetero) is 2. The van der Waals surface area contributed by atoms with Crippen LogP contribution in [0.2, 0.25) is 0 Å². The molecule has 0 N–H and O–H groups in total. The highest BCUT2D eigenvalue weighted by atomic mass is 16.1. The maximum Gasteiger partial charge on any atom is 0.192 e. The topological polar surface area (TPSA) is 69.8 Å². The van der Waals surface area contributed by atoms with Gasteiger partial charge in [-0.1, -0.05) is 18.2 Å². The Balaban J connectivity index is 1.43. The molecule has 1 aromatic carbocycles. The van der Waals surface area contributed by atoms with Gasteiger partial charge in [0, 0.05) is 36.6 Å². The number of nitrogens with zero attached hydrogens (tertiary/aromatic N) is 4. The second-order valence-corrected chi connectivity index (χ2v) is 7.92. The number of ketones is 2.